The molecule has 1 aromatic heterocycles. The zero-order chi connectivity index (χ0) is 18.5. The zero-order valence-electron chi connectivity index (χ0n) is 14.5. The van der Waals surface area contributed by atoms with Crippen molar-refractivity contribution >= 4 is 21.8 Å². The Bertz CT molecular complexity index is 848. The van der Waals surface area contributed by atoms with Crippen molar-refractivity contribution in [2.45, 2.75) is 13.0 Å². The fraction of sp³-hybridized carbons (Fsp3) is 0.211. The van der Waals surface area contributed by atoms with Crippen LogP contribution < -0.4 is 4.74 Å². The first-order chi connectivity index (χ1) is 12.5. The molecule has 3 rings (SSSR count). The molecule has 0 unspecified atom stereocenters. The van der Waals surface area contributed by atoms with Gasteiger partial charge >= 0.3 is 0 Å². The van der Waals surface area contributed by atoms with E-state index in [-0.39, 0.29) is 18.6 Å². The Labute approximate surface area is 160 Å². The van der Waals surface area contributed by atoms with E-state index in [1.807, 2.05) is 55.5 Å². The molecule has 0 saturated carbocycles. The Balaban J connectivity index is 1.60. The van der Waals surface area contributed by atoms with Gasteiger partial charge in [0.2, 0.25) is 0 Å². The summed E-state index contributed by atoms with van der Waals surface area (Å²) in [6.45, 7) is 1.99. The van der Waals surface area contributed by atoms with Crippen molar-refractivity contribution in [2.24, 2.45) is 0 Å². The minimum absolute atomic E-state index is 0.000484. The number of likely N-dealkylation sites (N-methyl/N-ethyl adjacent to an activating group) is 1. The molecule has 6 nitrogen and oxygen atoms in total. The lowest BCUT2D eigenvalue weighted by molar-refractivity contribution is -0.134. The van der Waals surface area contributed by atoms with E-state index in [0.29, 0.717) is 5.75 Å². The van der Waals surface area contributed by atoms with Gasteiger partial charge in [-0.2, -0.15) is 5.10 Å². The predicted octanol–water partition coefficient (Wildman–Crippen LogP) is 3.63. The fourth-order valence-electron chi connectivity index (χ4n) is 2.46. The summed E-state index contributed by atoms with van der Waals surface area (Å²) in [6.07, 6.45) is 3.14. The third kappa shape index (κ3) is 4.29. The third-order valence-electron chi connectivity index (χ3n) is 4.21. The third-order valence-corrected chi connectivity index (χ3v) is 4.74. The lowest BCUT2D eigenvalue weighted by atomic mass is 10.1. The Hall–Kier alpha value is -2.67. The Morgan fingerprint density at radius 2 is 1.88 bits per heavy atom. The number of amides is 1. The summed E-state index contributed by atoms with van der Waals surface area (Å²) in [6, 6.07) is 15.2. The molecule has 3 aromatic rings. The lowest BCUT2D eigenvalue weighted by Gasteiger charge is -2.25. The number of hydrogen-bond donors (Lipinski definition) is 0. The van der Waals surface area contributed by atoms with E-state index in [1.54, 1.807) is 23.0 Å². The second-order valence-electron chi connectivity index (χ2n) is 5.85. The molecule has 0 aliphatic rings. The van der Waals surface area contributed by atoms with Crippen LogP contribution in [-0.4, -0.2) is 39.2 Å². The van der Waals surface area contributed by atoms with Gasteiger partial charge < -0.3 is 9.64 Å². The molecule has 7 heteroatoms. The van der Waals surface area contributed by atoms with Crippen LogP contribution in [0.4, 0.5) is 0 Å². The van der Waals surface area contributed by atoms with E-state index in [4.69, 9.17) is 4.74 Å². The highest BCUT2D eigenvalue weighted by atomic mass is 79.9. The molecule has 0 N–H and O–H groups in total. The van der Waals surface area contributed by atoms with Crippen LogP contribution in [0.3, 0.4) is 0 Å². The van der Waals surface area contributed by atoms with E-state index in [1.165, 1.54) is 6.33 Å². The maximum atomic E-state index is 12.4. The van der Waals surface area contributed by atoms with Gasteiger partial charge in [-0.3, -0.25) is 4.79 Å². The first-order valence-corrected chi connectivity index (χ1v) is 8.93. The van der Waals surface area contributed by atoms with Crippen molar-refractivity contribution in [2.75, 3.05) is 13.7 Å². The highest BCUT2D eigenvalue weighted by Crippen LogP contribution is 2.21. The standard InChI is InChI=1S/C19H19BrN4O2/c1-14(15-3-7-17(8-4-15)24-13-21-12-22-24)23(2)19(25)11-26-18-9-5-16(20)6-10-18/h3-10,12-14H,11H2,1-2H3/t14-/m1/s1. The normalized spacial score (nSPS) is 11.8. The second-order valence-corrected chi connectivity index (χ2v) is 6.77. The van der Waals surface area contributed by atoms with Crippen LogP contribution in [0.1, 0.15) is 18.5 Å². The van der Waals surface area contributed by atoms with Crippen LogP contribution in [0.5, 0.6) is 5.75 Å². The molecule has 1 heterocycles. The summed E-state index contributed by atoms with van der Waals surface area (Å²) >= 11 is 3.37. The average molecular weight is 415 g/mol. The Kier molecular flexibility index (Phi) is 5.68. The zero-order valence-corrected chi connectivity index (χ0v) is 16.1. The minimum atomic E-state index is -0.0826. The largest absolute Gasteiger partial charge is 0.484 e. The number of rotatable bonds is 6. The average Bonchev–Trinajstić information content (AvgIpc) is 3.21. The fourth-order valence-corrected chi connectivity index (χ4v) is 2.73. The van der Waals surface area contributed by atoms with Gasteiger partial charge in [-0.1, -0.05) is 28.1 Å². The molecule has 1 amide bonds. The summed E-state index contributed by atoms with van der Waals surface area (Å²) < 4.78 is 8.23. The topological polar surface area (TPSA) is 60.2 Å². The summed E-state index contributed by atoms with van der Waals surface area (Å²) in [5.41, 5.74) is 1.96. The van der Waals surface area contributed by atoms with Gasteiger partial charge in [-0.25, -0.2) is 9.67 Å². The molecule has 2 aromatic carbocycles. The van der Waals surface area contributed by atoms with Gasteiger partial charge in [0.15, 0.2) is 6.61 Å². The molecule has 0 spiro atoms. The SMILES string of the molecule is C[C@H](c1ccc(-n2cncn2)cc1)N(C)C(=O)COc1ccc(Br)cc1. The van der Waals surface area contributed by atoms with Crippen LogP contribution >= 0.6 is 15.9 Å². The number of hydrogen-bond acceptors (Lipinski definition) is 4. The Morgan fingerprint density at radius 1 is 1.19 bits per heavy atom. The second kappa shape index (κ2) is 8.14. The van der Waals surface area contributed by atoms with E-state index in [9.17, 15) is 4.79 Å². The highest BCUT2D eigenvalue weighted by Gasteiger charge is 2.18. The number of carbonyl (C=O) groups excluding carboxylic acids is 1. The molecule has 0 aliphatic carbocycles. The maximum absolute atomic E-state index is 12.4. The van der Waals surface area contributed by atoms with Gasteiger partial charge in [-0.15, -0.1) is 0 Å². The summed E-state index contributed by atoms with van der Waals surface area (Å²) in [5.74, 6) is 0.584. The number of nitrogens with zero attached hydrogens (tertiary/aromatic N) is 4. The molecule has 1 atom stereocenters. The number of benzene rings is 2. The van der Waals surface area contributed by atoms with E-state index < -0.39 is 0 Å². The molecule has 26 heavy (non-hydrogen) atoms. The molecule has 0 bridgehead atoms. The molecular weight excluding hydrogens is 396 g/mol. The quantitative estimate of drug-likeness (QED) is 0.617. The van der Waals surface area contributed by atoms with E-state index in [0.717, 1.165) is 15.7 Å². The number of halogens is 1. The maximum Gasteiger partial charge on any atom is 0.260 e. The van der Waals surface area contributed by atoms with Crippen molar-refractivity contribution in [3.63, 3.8) is 0 Å². The van der Waals surface area contributed by atoms with Crippen molar-refractivity contribution in [1.82, 2.24) is 19.7 Å². The predicted molar refractivity (Wildman–Crippen MR) is 102 cm³/mol. The van der Waals surface area contributed by atoms with Crippen LogP contribution in [0.25, 0.3) is 5.69 Å². The summed E-state index contributed by atoms with van der Waals surface area (Å²) in [7, 11) is 1.78. The van der Waals surface area contributed by atoms with Crippen molar-refractivity contribution in [1.29, 1.82) is 0 Å². The number of ether oxygens (including phenoxy) is 1. The molecule has 134 valence electrons. The van der Waals surface area contributed by atoms with Crippen LogP contribution in [-0.2, 0) is 4.79 Å². The van der Waals surface area contributed by atoms with E-state index in [2.05, 4.69) is 26.0 Å². The number of aromatic nitrogens is 3. The Morgan fingerprint density at radius 3 is 2.50 bits per heavy atom. The molecular formula is C19H19BrN4O2. The smallest absolute Gasteiger partial charge is 0.260 e. The monoisotopic (exact) mass is 414 g/mol. The summed E-state index contributed by atoms with van der Waals surface area (Å²) in [4.78, 5) is 18.0. The highest BCUT2D eigenvalue weighted by molar-refractivity contribution is 9.10. The van der Waals surface area contributed by atoms with Crippen LogP contribution in [0.2, 0.25) is 0 Å². The van der Waals surface area contributed by atoms with Gasteiger partial charge in [0.05, 0.1) is 11.7 Å². The van der Waals surface area contributed by atoms with Crippen molar-refractivity contribution in [3.8, 4) is 11.4 Å². The van der Waals surface area contributed by atoms with Gasteiger partial charge in [-0.05, 0) is 48.9 Å². The van der Waals surface area contributed by atoms with Gasteiger partial charge in [0, 0.05) is 11.5 Å². The molecule has 0 radical (unpaired) electrons. The number of carbonyl (C=O) groups is 1. The van der Waals surface area contributed by atoms with Crippen molar-refractivity contribution in [3.05, 3.63) is 71.2 Å². The van der Waals surface area contributed by atoms with Crippen molar-refractivity contribution < 1.29 is 9.53 Å². The van der Waals surface area contributed by atoms with E-state index >= 15 is 0 Å². The minimum Gasteiger partial charge on any atom is -0.484 e. The lowest BCUT2D eigenvalue weighted by Crippen LogP contribution is -2.33. The van der Waals surface area contributed by atoms with Crippen LogP contribution in [0.15, 0.2) is 65.7 Å². The molecule has 0 fully saturated rings. The van der Waals surface area contributed by atoms with Crippen LogP contribution in [0, 0.1) is 0 Å². The van der Waals surface area contributed by atoms with Gasteiger partial charge in [0.25, 0.3) is 5.91 Å². The first-order valence-electron chi connectivity index (χ1n) is 8.13. The summed E-state index contributed by atoms with van der Waals surface area (Å²) in [5, 5.41) is 4.10. The molecule has 0 aliphatic heterocycles. The van der Waals surface area contributed by atoms with Gasteiger partial charge in [0.1, 0.15) is 18.4 Å². The first kappa shape index (κ1) is 18.1. The molecule has 0 saturated heterocycles.